The molecule has 1 unspecified atom stereocenters. The highest BCUT2D eigenvalue weighted by Gasteiger charge is 2.10. The van der Waals surface area contributed by atoms with Crippen LogP contribution in [0.3, 0.4) is 0 Å². The summed E-state index contributed by atoms with van der Waals surface area (Å²) in [5, 5.41) is 3.24. The standard InChI is InChI=1S/C9H9ClNO/c1-7(10)9(12)11-8-5-3-2-4-6-8/h2-7H,1H3. The maximum Gasteiger partial charge on any atom is 0.263 e. The Morgan fingerprint density at radius 1 is 1.42 bits per heavy atom. The van der Waals surface area contributed by atoms with Gasteiger partial charge in [0.15, 0.2) is 0 Å². The van der Waals surface area contributed by atoms with Gasteiger partial charge in [-0.2, -0.15) is 0 Å². The van der Waals surface area contributed by atoms with E-state index >= 15 is 0 Å². The Kier molecular flexibility index (Phi) is 3.11. The third kappa shape index (κ3) is 2.55. The number of alkyl halides is 1. The number of para-hydroxylation sites is 1. The zero-order chi connectivity index (χ0) is 8.97. The highest BCUT2D eigenvalue weighted by Crippen LogP contribution is 2.07. The van der Waals surface area contributed by atoms with E-state index in [0.717, 1.165) is 0 Å². The second-order valence-corrected chi connectivity index (χ2v) is 3.06. The van der Waals surface area contributed by atoms with E-state index in [1.165, 1.54) is 0 Å². The fourth-order valence-corrected chi connectivity index (χ4v) is 0.768. The summed E-state index contributed by atoms with van der Waals surface area (Å²) in [4.78, 5) is 11.0. The number of benzene rings is 1. The van der Waals surface area contributed by atoms with Crippen LogP contribution in [0.25, 0.3) is 0 Å². The fraction of sp³-hybridized carbons (Fsp3) is 0.222. The molecule has 63 valence electrons. The van der Waals surface area contributed by atoms with Gasteiger partial charge in [-0.3, -0.25) is 4.79 Å². The second-order valence-electron chi connectivity index (χ2n) is 2.40. The van der Waals surface area contributed by atoms with Gasteiger partial charge < -0.3 is 0 Å². The van der Waals surface area contributed by atoms with Crippen molar-refractivity contribution in [2.75, 3.05) is 0 Å². The molecular weight excluding hydrogens is 174 g/mol. The quantitative estimate of drug-likeness (QED) is 0.645. The number of rotatable bonds is 2. The van der Waals surface area contributed by atoms with Crippen molar-refractivity contribution < 1.29 is 4.79 Å². The first-order valence-electron chi connectivity index (χ1n) is 3.65. The van der Waals surface area contributed by atoms with E-state index in [1.807, 2.05) is 18.2 Å². The largest absolute Gasteiger partial charge is 0.271 e. The Morgan fingerprint density at radius 2 is 2.00 bits per heavy atom. The van der Waals surface area contributed by atoms with E-state index in [0.29, 0.717) is 5.69 Å². The number of amides is 1. The Hall–Kier alpha value is -1.02. The smallest absolute Gasteiger partial charge is 0.263 e. The summed E-state index contributed by atoms with van der Waals surface area (Å²) >= 11 is 5.53. The van der Waals surface area contributed by atoms with Gasteiger partial charge in [-0.05, 0) is 19.1 Å². The average Bonchev–Trinajstić information content (AvgIpc) is 2.06. The molecule has 0 spiro atoms. The van der Waals surface area contributed by atoms with Crippen LogP contribution in [0.15, 0.2) is 30.3 Å². The van der Waals surface area contributed by atoms with Crippen LogP contribution in [0.5, 0.6) is 0 Å². The number of hydrogen-bond donors (Lipinski definition) is 0. The number of halogens is 1. The molecule has 12 heavy (non-hydrogen) atoms. The molecule has 1 aromatic carbocycles. The molecule has 0 saturated carbocycles. The third-order valence-corrected chi connectivity index (χ3v) is 1.52. The lowest BCUT2D eigenvalue weighted by molar-refractivity contribution is -0.119. The fourth-order valence-electron chi connectivity index (χ4n) is 0.719. The first-order valence-corrected chi connectivity index (χ1v) is 4.08. The van der Waals surface area contributed by atoms with Gasteiger partial charge in [0.2, 0.25) is 0 Å². The SMILES string of the molecule is CC(Cl)C(=O)[N]c1ccccc1. The summed E-state index contributed by atoms with van der Waals surface area (Å²) in [5.74, 6) is -0.303. The van der Waals surface area contributed by atoms with E-state index in [9.17, 15) is 4.79 Å². The Labute approximate surface area is 76.5 Å². The molecule has 1 amide bonds. The van der Waals surface area contributed by atoms with Crippen molar-refractivity contribution in [3.05, 3.63) is 30.3 Å². The molecule has 0 aliphatic carbocycles. The minimum atomic E-state index is -0.551. The molecule has 0 fully saturated rings. The van der Waals surface area contributed by atoms with Crippen molar-refractivity contribution >= 4 is 23.2 Å². The van der Waals surface area contributed by atoms with Crippen molar-refractivity contribution in [2.45, 2.75) is 12.3 Å². The van der Waals surface area contributed by atoms with Crippen LogP contribution in [0.2, 0.25) is 0 Å². The third-order valence-electron chi connectivity index (χ3n) is 1.34. The van der Waals surface area contributed by atoms with Crippen molar-refractivity contribution in [3.8, 4) is 0 Å². The molecule has 0 heterocycles. The first-order chi connectivity index (χ1) is 5.70. The molecule has 2 nitrogen and oxygen atoms in total. The number of nitrogens with zero attached hydrogens (tertiary/aromatic N) is 1. The van der Waals surface area contributed by atoms with Crippen molar-refractivity contribution in [1.29, 1.82) is 0 Å². The molecule has 0 aliphatic rings. The Balaban J connectivity index is 2.59. The summed E-state index contributed by atoms with van der Waals surface area (Å²) in [7, 11) is 0. The van der Waals surface area contributed by atoms with Crippen LogP contribution >= 0.6 is 11.6 Å². The van der Waals surface area contributed by atoms with Crippen molar-refractivity contribution in [3.63, 3.8) is 0 Å². The van der Waals surface area contributed by atoms with Gasteiger partial charge in [0.25, 0.3) is 5.91 Å². The van der Waals surface area contributed by atoms with E-state index in [2.05, 4.69) is 5.32 Å². The molecule has 0 aliphatic heterocycles. The summed E-state index contributed by atoms with van der Waals surface area (Å²) < 4.78 is 0. The number of carbonyl (C=O) groups is 1. The minimum Gasteiger partial charge on any atom is -0.271 e. The minimum absolute atomic E-state index is 0.303. The Bertz CT molecular complexity index is 258. The molecule has 1 atom stereocenters. The van der Waals surface area contributed by atoms with Gasteiger partial charge in [0.1, 0.15) is 5.38 Å². The monoisotopic (exact) mass is 182 g/mol. The first kappa shape index (κ1) is 9.07. The topological polar surface area (TPSA) is 31.2 Å². The second kappa shape index (κ2) is 4.12. The Morgan fingerprint density at radius 3 is 2.50 bits per heavy atom. The van der Waals surface area contributed by atoms with Gasteiger partial charge in [-0.15, -0.1) is 11.6 Å². The van der Waals surface area contributed by atoms with Crippen LogP contribution in [0, 0.1) is 0 Å². The van der Waals surface area contributed by atoms with Gasteiger partial charge in [-0.1, -0.05) is 18.2 Å². The van der Waals surface area contributed by atoms with E-state index in [1.54, 1.807) is 19.1 Å². The van der Waals surface area contributed by atoms with E-state index < -0.39 is 5.38 Å². The molecular formula is C9H9ClNO. The van der Waals surface area contributed by atoms with Gasteiger partial charge in [-0.25, -0.2) is 5.32 Å². The van der Waals surface area contributed by atoms with E-state index in [4.69, 9.17) is 11.6 Å². The maximum atomic E-state index is 11.0. The molecule has 1 aromatic rings. The highest BCUT2D eigenvalue weighted by molar-refractivity contribution is 6.30. The molecule has 0 aromatic heterocycles. The molecule has 0 N–H and O–H groups in total. The van der Waals surface area contributed by atoms with E-state index in [-0.39, 0.29) is 5.91 Å². The molecule has 0 saturated heterocycles. The summed E-state index contributed by atoms with van der Waals surface area (Å²) in [6.45, 7) is 1.61. The maximum absolute atomic E-state index is 11.0. The average molecular weight is 183 g/mol. The molecule has 3 heteroatoms. The lowest BCUT2D eigenvalue weighted by Gasteiger charge is -2.01. The number of carbonyl (C=O) groups excluding carboxylic acids is 1. The summed E-state index contributed by atoms with van der Waals surface area (Å²) in [6, 6.07) is 9.04. The predicted octanol–water partition coefficient (Wildman–Crippen LogP) is 2.08. The zero-order valence-electron chi connectivity index (χ0n) is 6.70. The predicted molar refractivity (Wildman–Crippen MR) is 48.6 cm³/mol. The van der Waals surface area contributed by atoms with Gasteiger partial charge >= 0.3 is 0 Å². The summed E-state index contributed by atoms with van der Waals surface area (Å²) in [6.07, 6.45) is 0. The molecule has 0 bridgehead atoms. The van der Waals surface area contributed by atoms with Gasteiger partial charge in [0.05, 0.1) is 5.69 Å². The lowest BCUT2D eigenvalue weighted by atomic mass is 10.3. The van der Waals surface area contributed by atoms with Crippen LogP contribution < -0.4 is 5.32 Å². The summed E-state index contributed by atoms with van der Waals surface area (Å²) in [5.41, 5.74) is 0.648. The van der Waals surface area contributed by atoms with Crippen LogP contribution in [-0.2, 0) is 4.79 Å². The van der Waals surface area contributed by atoms with Crippen molar-refractivity contribution in [2.24, 2.45) is 0 Å². The highest BCUT2D eigenvalue weighted by atomic mass is 35.5. The van der Waals surface area contributed by atoms with Gasteiger partial charge in [0, 0.05) is 0 Å². The normalized spacial score (nSPS) is 12.2. The number of hydrogen-bond acceptors (Lipinski definition) is 1. The zero-order valence-corrected chi connectivity index (χ0v) is 7.45. The van der Waals surface area contributed by atoms with Crippen LogP contribution in [0.4, 0.5) is 5.69 Å². The van der Waals surface area contributed by atoms with Crippen LogP contribution in [-0.4, -0.2) is 11.3 Å². The molecule has 1 rings (SSSR count). The van der Waals surface area contributed by atoms with Crippen molar-refractivity contribution in [1.82, 2.24) is 5.32 Å². The molecule has 1 radical (unpaired) electrons. The lowest BCUT2D eigenvalue weighted by Crippen LogP contribution is -2.19. The van der Waals surface area contributed by atoms with Crippen LogP contribution in [0.1, 0.15) is 6.92 Å².